The summed E-state index contributed by atoms with van der Waals surface area (Å²) in [6.07, 6.45) is 4.29. The minimum absolute atomic E-state index is 0.366. The zero-order valence-corrected chi connectivity index (χ0v) is 12.1. The van der Waals surface area contributed by atoms with Crippen molar-refractivity contribution < 1.29 is 13.9 Å². The van der Waals surface area contributed by atoms with Crippen LogP contribution in [0.15, 0.2) is 58.0 Å². The van der Waals surface area contributed by atoms with Gasteiger partial charge in [0.05, 0.1) is 5.56 Å². The fraction of sp³-hybridized carbons (Fsp3) is 0. The summed E-state index contributed by atoms with van der Waals surface area (Å²) < 4.78 is 11.1. The van der Waals surface area contributed by atoms with Gasteiger partial charge in [0, 0.05) is 22.4 Å². The standard InChI is InChI=1S/C14H8BrN3O3/c15-11-5-10(6-16-7-11)14(19)21-12-3-1-9(2-4-12)13-18-17-8-20-13/h1-8H. The third kappa shape index (κ3) is 3.14. The highest BCUT2D eigenvalue weighted by atomic mass is 79.9. The largest absolute Gasteiger partial charge is 0.423 e. The lowest BCUT2D eigenvalue weighted by atomic mass is 10.2. The number of aromatic nitrogens is 3. The molecule has 7 heteroatoms. The zero-order valence-electron chi connectivity index (χ0n) is 10.6. The topological polar surface area (TPSA) is 78.1 Å². The van der Waals surface area contributed by atoms with Gasteiger partial charge in [0.25, 0.3) is 0 Å². The molecule has 0 amide bonds. The Morgan fingerprint density at radius 3 is 2.67 bits per heavy atom. The van der Waals surface area contributed by atoms with Crippen molar-refractivity contribution in [2.75, 3.05) is 0 Å². The van der Waals surface area contributed by atoms with Crippen LogP contribution in [0.5, 0.6) is 5.75 Å². The van der Waals surface area contributed by atoms with Crippen molar-refractivity contribution in [3.63, 3.8) is 0 Å². The van der Waals surface area contributed by atoms with Gasteiger partial charge in [0.1, 0.15) is 5.75 Å². The Labute approximate surface area is 127 Å². The molecule has 104 valence electrons. The third-order valence-corrected chi connectivity index (χ3v) is 3.05. The van der Waals surface area contributed by atoms with Crippen molar-refractivity contribution in [1.82, 2.24) is 15.2 Å². The minimum atomic E-state index is -0.477. The first-order valence-electron chi connectivity index (χ1n) is 5.92. The van der Waals surface area contributed by atoms with E-state index < -0.39 is 5.97 Å². The molecule has 6 nitrogen and oxygen atoms in total. The lowest BCUT2D eigenvalue weighted by molar-refractivity contribution is 0.0734. The van der Waals surface area contributed by atoms with Crippen molar-refractivity contribution in [2.45, 2.75) is 0 Å². The number of nitrogens with zero attached hydrogens (tertiary/aromatic N) is 3. The quantitative estimate of drug-likeness (QED) is 0.536. The molecule has 2 heterocycles. The first-order chi connectivity index (χ1) is 10.2. The van der Waals surface area contributed by atoms with Gasteiger partial charge in [-0.2, -0.15) is 0 Å². The van der Waals surface area contributed by atoms with E-state index in [4.69, 9.17) is 9.15 Å². The van der Waals surface area contributed by atoms with E-state index in [0.29, 0.717) is 21.7 Å². The summed E-state index contributed by atoms with van der Waals surface area (Å²) in [6.45, 7) is 0. The summed E-state index contributed by atoms with van der Waals surface area (Å²) >= 11 is 3.25. The van der Waals surface area contributed by atoms with Gasteiger partial charge in [-0.15, -0.1) is 10.2 Å². The predicted molar refractivity (Wildman–Crippen MR) is 76.6 cm³/mol. The van der Waals surface area contributed by atoms with Gasteiger partial charge >= 0.3 is 5.97 Å². The third-order valence-electron chi connectivity index (χ3n) is 2.61. The normalized spacial score (nSPS) is 10.3. The van der Waals surface area contributed by atoms with Gasteiger partial charge in [-0.05, 0) is 46.3 Å². The predicted octanol–water partition coefficient (Wildman–Crippen LogP) is 3.11. The highest BCUT2D eigenvalue weighted by molar-refractivity contribution is 9.10. The van der Waals surface area contributed by atoms with Gasteiger partial charge in [-0.3, -0.25) is 4.98 Å². The molecule has 3 aromatic rings. The van der Waals surface area contributed by atoms with Crippen LogP contribution in [0.4, 0.5) is 0 Å². The second-order valence-corrected chi connectivity index (χ2v) is 4.97. The van der Waals surface area contributed by atoms with Crippen LogP contribution in [0, 0.1) is 0 Å². The smallest absolute Gasteiger partial charge is 0.345 e. The highest BCUT2D eigenvalue weighted by Gasteiger charge is 2.10. The molecular formula is C14H8BrN3O3. The zero-order chi connectivity index (χ0) is 14.7. The van der Waals surface area contributed by atoms with Crippen LogP contribution in [-0.2, 0) is 0 Å². The molecule has 0 bridgehead atoms. The highest BCUT2D eigenvalue weighted by Crippen LogP contribution is 2.21. The van der Waals surface area contributed by atoms with E-state index in [1.165, 1.54) is 12.6 Å². The van der Waals surface area contributed by atoms with Gasteiger partial charge in [0.15, 0.2) is 0 Å². The number of carbonyl (C=O) groups excluding carboxylic acids is 1. The Morgan fingerprint density at radius 2 is 2.00 bits per heavy atom. The average molecular weight is 346 g/mol. The molecule has 0 fully saturated rings. The second kappa shape index (κ2) is 5.84. The van der Waals surface area contributed by atoms with Gasteiger partial charge in [-0.1, -0.05) is 0 Å². The number of pyridine rings is 1. The molecule has 0 saturated carbocycles. The number of hydrogen-bond acceptors (Lipinski definition) is 6. The maximum atomic E-state index is 12.0. The number of ether oxygens (including phenoxy) is 1. The van der Waals surface area contributed by atoms with E-state index in [2.05, 4.69) is 31.1 Å². The van der Waals surface area contributed by atoms with E-state index >= 15 is 0 Å². The van der Waals surface area contributed by atoms with Crippen LogP contribution in [0.2, 0.25) is 0 Å². The van der Waals surface area contributed by atoms with Crippen LogP contribution in [0.25, 0.3) is 11.5 Å². The van der Waals surface area contributed by atoms with E-state index in [0.717, 1.165) is 5.56 Å². The number of halogens is 1. The molecule has 0 aliphatic rings. The molecule has 0 unspecified atom stereocenters. The summed E-state index contributed by atoms with van der Waals surface area (Å²) in [5.41, 5.74) is 1.11. The number of esters is 1. The van der Waals surface area contributed by atoms with Crippen LogP contribution in [-0.4, -0.2) is 21.2 Å². The van der Waals surface area contributed by atoms with Crippen LogP contribution in [0.3, 0.4) is 0 Å². The Morgan fingerprint density at radius 1 is 1.19 bits per heavy atom. The van der Waals surface area contributed by atoms with E-state index in [1.54, 1.807) is 36.5 Å². The molecule has 2 aromatic heterocycles. The van der Waals surface area contributed by atoms with Gasteiger partial charge < -0.3 is 9.15 Å². The van der Waals surface area contributed by atoms with Crippen molar-refractivity contribution in [3.8, 4) is 17.2 Å². The Bertz CT molecular complexity index is 757. The molecule has 0 aliphatic carbocycles. The average Bonchev–Trinajstić information content (AvgIpc) is 3.02. The van der Waals surface area contributed by atoms with E-state index in [9.17, 15) is 4.79 Å². The molecule has 3 rings (SSSR count). The number of rotatable bonds is 3. The maximum Gasteiger partial charge on any atom is 0.345 e. The summed E-state index contributed by atoms with van der Waals surface area (Å²) in [5, 5.41) is 7.40. The molecule has 0 radical (unpaired) electrons. The van der Waals surface area contributed by atoms with E-state index in [-0.39, 0.29) is 0 Å². The number of benzene rings is 1. The molecule has 0 saturated heterocycles. The second-order valence-electron chi connectivity index (χ2n) is 4.05. The SMILES string of the molecule is O=C(Oc1ccc(-c2nnco2)cc1)c1cncc(Br)c1. The van der Waals surface area contributed by atoms with Crippen LogP contribution >= 0.6 is 15.9 Å². The van der Waals surface area contributed by atoms with Crippen molar-refractivity contribution in [1.29, 1.82) is 0 Å². The van der Waals surface area contributed by atoms with Crippen LogP contribution in [0.1, 0.15) is 10.4 Å². The lowest BCUT2D eigenvalue weighted by Gasteiger charge is -2.04. The number of hydrogen-bond donors (Lipinski definition) is 0. The van der Waals surface area contributed by atoms with E-state index in [1.807, 2.05) is 0 Å². The van der Waals surface area contributed by atoms with Crippen LogP contribution < -0.4 is 4.74 Å². The first kappa shape index (κ1) is 13.4. The Balaban J connectivity index is 1.75. The summed E-state index contributed by atoms with van der Waals surface area (Å²) in [6, 6.07) is 8.42. The first-order valence-corrected chi connectivity index (χ1v) is 6.71. The summed E-state index contributed by atoms with van der Waals surface area (Å²) in [5.74, 6) is 0.349. The molecular weight excluding hydrogens is 338 g/mol. The minimum Gasteiger partial charge on any atom is -0.423 e. The molecule has 0 aliphatic heterocycles. The molecule has 0 spiro atoms. The Hall–Kier alpha value is -2.54. The fourth-order valence-corrected chi connectivity index (χ4v) is 2.02. The molecule has 0 atom stereocenters. The van der Waals surface area contributed by atoms with Gasteiger partial charge in [-0.25, -0.2) is 4.79 Å². The monoisotopic (exact) mass is 345 g/mol. The van der Waals surface area contributed by atoms with Crippen molar-refractivity contribution >= 4 is 21.9 Å². The van der Waals surface area contributed by atoms with Gasteiger partial charge in [0.2, 0.25) is 12.3 Å². The Kier molecular flexibility index (Phi) is 3.74. The van der Waals surface area contributed by atoms with Crippen molar-refractivity contribution in [3.05, 3.63) is 59.2 Å². The molecule has 21 heavy (non-hydrogen) atoms. The maximum absolute atomic E-state index is 12.0. The number of carbonyl (C=O) groups is 1. The fourth-order valence-electron chi connectivity index (χ4n) is 1.65. The summed E-state index contributed by atoms with van der Waals surface area (Å²) in [4.78, 5) is 15.9. The summed E-state index contributed by atoms with van der Waals surface area (Å²) in [7, 11) is 0. The molecule has 0 N–H and O–H groups in total. The van der Waals surface area contributed by atoms with Crippen molar-refractivity contribution in [2.24, 2.45) is 0 Å². The lowest BCUT2D eigenvalue weighted by Crippen LogP contribution is -2.08. The molecule has 1 aromatic carbocycles.